The van der Waals surface area contributed by atoms with Crippen LogP contribution in [0, 0.1) is 6.92 Å². The molecule has 0 atom stereocenters. The van der Waals surface area contributed by atoms with Gasteiger partial charge in [-0.15, -0.1) is 0 Å². The van der Waals surface area contributed by atoms with E-state index in [-0.39, 0.29) is 0 Å². The number of unbranched alkanes of at least 4 members (excludes halogenated alkanes) is 7. The summed E-state index contributed by atoms with van der Waals surface area (Å²) in [5.74, 6) is 0. The lowest BCUT2D eigenvalue weighted by molar-refractivity contribution is 0.125. The minimum Gasteiger partial charge on any atom is -0.301 e. The van der Waals surface area contributed by atoms with Gasteiger partial charge in [0.05, 0.1) is 0 Å². The van der Waals surface area contributed by atoms with Gasteiger partial charge in [-0.1, -0.05) is 81.7 Å². The van der Waals surface area contributed by atoms with Crippen molar-refractivity contribution in [3.63, 3.8) is 0 Å². The van der Waals surface area contributed by atoms with Gasteiger partial charge in [0.15, 0.2) is 0 Å². The molecule has 0 saturated carbocycles. The van der Waals surface area contributed by atoms with Gasteiger partial charge in [-0.2, -0.15) is 0 Å². The quantitative estimate of drug-likeness (QED) is 0.511. The second-order valence-electron chi connectivity index (χ2n) is 7.58. The summed E-state index contributed by atoms with van der Waals surface area (Å²) in [6, 6.07) is 9.02. The summed E-state index contributed by atoms with van der Waals surface area (Å²) in [5, 5.41) is 0. The van der Waals surface area contributed by atoms with E-state index in [1.54, 1.807) is 0 Å². The molecule has 24 heavy (non-hydrogen) atoms. The number of nitrogens with zero attached hydrogens (tertiary/aromatic N) is 2. The minimum atomic E-state index is 1.12. The predicted molar refractivity (Wildman–Crippen MR) is 106 cm³/mol. The Kier molecular flexibility index (Phi) is 9.45. The van der Waals surface area contributed by atoms with Crippen molar-refractivity contribution in [1.29, 1.82) is 0 Å². The van der Waals surface area contributed by atoms with Crippen LogP contribution in [0.2, 0.25) is 0 Å². The molecule has 0 bridgehead atoms. The van der Waals surface area contributed by atoms with E-state index in [1.807, 2.05) is 0 Å². The molecule has 1 aromatic rings. The van der Waals surface area contributed by atoms with Crippen LogP contribution in [0.3, 0.4) is 0 Å². The fourth-order valence-electron chi connectivity index (χ4n) is 3.59. The predicted octanol–water partition coefficient (Wildman–Crippen LogP) is 5.25. The molecule has 0 spiro atoms. The number of rotatable bonds is 11. The number of piperazine rings is 1. The lowest BCUT2D eigenvalue weighted by atomic mass is 10.1. The summed E-state index contributed by atoms with van der Waals surface area (Å²) >= 11 is 0. The van der Waals surface area contributed by atoms with Crippen LogP contribution in [0.15, 0.2) is 24.3 Å². The van der Waals surface area contributed by atoms with Gasteiger partial charge in [0.25, 0.3) is 0 Å². The number of aryl methyl sites for hydroxylation is 1. The van der Waals surface area contributed by atoms with Crippen LogP contribution < -0.4 is 0 Å². The highest BCUT2D eigenvalue weighted by molar-refractivity contribution is 5.21. The monoisotopic (exact) mass is 330 g/mol. The van der Waals surface area contributed by atoms with Crippen molar-refractivity contribution < 1.29 is 0 Å². The Morgan fingerprint density at radius 3 is 1.88 bits per heavy atom. The van der Waals surface area contributed by atoms with Gasteiger partial charge >= 0.3 is 0 Å². The Morgan fingerprint density at radius 1 is 0.708 bits per heavy atom. The second-order valence-corrected chi connectivity index (χ2v) is 7.58. The highest BCUT2D eigenvalue weighted by atomic mass is 15.3. The Labute approximate surface area is 150 Å². The molecule has 1 aromatic carbocycles. The summed E-state index contributed by atoms with van der Waals surface area (Å²) in [6.07, 6.45) is 11.4. The number of benzene rings is 1. The highest BCUT2D eigenvalue weighted by Crippen LogP contribution is 2.12. The zero-order valence-corrected chi connectivity index (χ0v) is 16.1. The maximum absolute atomic E-state index is 2.67. The van der Waals surface area contributed by atoms with Gasteiger partial charge < -0.3 is 4.90 Å². The summed E-state index contributed by atoms with van der Waals surface area (Å²) in [4.78, 5) is 5.28. The molecule has 1 aliphatic rings. The summed E-state index contributed by atoms with van der Waals surface area (Å²) < 4.78 is 0. The first kappa shape index (κ1) is 19.5. The van der Waals surface area contributed by atoms with Crippen LogP contribution in [-0.4, -0.2) is 42.5 Å². The largest absolute Gasteiger partial charge is 0.301 e. The topological polar surface area (TPSA) is 6.48 Å². The Bertz CT molecular complexity index is 418. The van der Waals surface area contributed by atoms with Gasteiger partial charge in [0.1, 0.15) is 0 Å². The Balaban J connectivity index is 1.49. The molecular weight excluding hydrogens is 292 g/mol. The zero-order valence-electron chi connectivity index (χ0n) is 16.1. The summed E-state index contributed by atoms with van der Waals surface area (Å²) in [5.41, 5.74) is 2.81. The van der Waals surface area contributed by atoms with Crippen molar-refractivity contribution in [3.05, 3.63) is 35.4 Å². The van der Waals surface area contributed by atoms with Crippen molar-refractivity contribution in [2.75, 3.05) is 32.7 Å². The van der Waals surface area contributed by atoms with Gasteiger partial charge in [-0.25, -0.2) is 0 Å². The lowest BCUT2D eigenvalue weighted by Crippen LogP contribution is -2.46. The lowest BCUT2D eigenvalue weighted by Gasteiger charge is -2.34. The molecule has 0 aromatic heterocycles. The fourth-order valence-corrected chi connectivity index (χ4v) is 3.59. The molecular formula is C22H38N2. The van der Waals surface area contributed by atoms with E-state index in [9.17, 15) is 0 Å². The molecule has 2 nitrogen and oxygen atoms in total. The Morgan fingerprint density at radius 2 is 1.25 bits per heavy atom. The van der Waals surface area contributed by atoms with Crippen molar-refractivity contribution in [3.8, 4) is 0 Å². The first-order valence-electron chi connectivity index (χ1n) is 10.3. The second kappa shape index (κ2) is 11.7. The molecule has 1 saturated heterocycles. The molecule has 0 amide bonds. The SMILES string of the molecule is CCCCCCCCCCN1CCN(Cc2ccc(C)cc2)CC1. The third-order valence-electron chi connectivity index (χ3n) is 5.32. The maximum Gasteiger partial charge on any atom is 0.0234 e. The van der Waals surface area contributed by atoms with E-state index >= 15 is 0 Å². The van der Waals surface area contributed by atoms with E-state index in [0.29, 0.717) is 0 Å². The van der Waals surface area contributed by atoms with Crippen molar-refractivity contribution in [2.24, 2.45) is 0 Å². The standard InChI is InChI=1S/C22H38N2/c1-3-4-5-6-7-8-9-10-15-23-16-18-24(19-17-23)20-22-13-11-21(2)12-14-22/h11-14H,3-10,15-20H2,1-2H3. The molecule has 1 aliphatic heterocycles. The molecule has 2 heteroatoms. The molecule has 1 fully saturated rings. The number of hydrogen-bond donors (Lipinski definition) is 0. The van der Waals surface area contributed by atoms with Crippen LogP contribution in [-0.2, 0) is 6.54 Å². The minimum absolute atomic E-state index is 1.12. The smallest absolute Gasteiger partial charge is 0.0234 e. The van der Waals surface area contributed by atoms with Gasteiger partial charge in [-0.05, 0) is 25.5 Å². The zero-order chi connectivity index (χ0) is 17.0. The van der Waals surface area contributed by atoms with Crippen LogP contribution >= 0.6 is 0 Å². The van der Waals surface area contributed by atoms with Crippen molar-refractivity contribution in [2.45, 2.75) is 71.8 Å². The van der Waals surface area contributed by atoms with Gasteiger partial charge in [-0.3, -0.25) is 4.90 Å². The van der Waals surface area contributed by atoms with Crippen LogP contribution in [0.5, 0.6) is 0 Å². The average Bonchev–Trinajstić information content (AvgIpc) is 2.61. The summed E-state index contributed by atoms with van der Waals surface area (Å²) in [7, 11) is 0. The van der Waals surface area contributed by atoms with E-state index in [2.05, 4.69) is 47.9 Å². The van der Waals surface area contributed by atoms with Gasteiger partial charge in [0.2, 0.25) is 0 Å². The van der Waals surface area contributed by atoms with Gasteiger partial charge in [0, 0.05) is 32.7 Å². The van der Waals surface area contributed by atoms with E-state index in [1.165, 1.54) is 95.2 Å². The Hall–Kier alpha value is -0.860. The van der Waals surface area contributed by atoms with Crippen LogP contribution in [0.25, 0.3) is 0 Å². The van der Waals surface area contributed by atoms with Crippen molar-refractivity contribution >= 4 is 0 Å². The first-order chi connectivity index (χ1) is 11.8. The molecule has 136 valence electrons. The molecule has 0 radical (unpaired) electrons. The van der Waals surface area contributed by atoms with E-state index in [4.69, 9.17) is 0 Å². The average molecular weight is 331 g/mol. The van der Waals surface area contributed by atoms with Crippen LogP contribution in [0.4, 0.5) is 0 Å². The molecule has 0 N–H and O–H groups in total. The van der Waals surface area contributed by atoms with Crippen molar-refractivity contribution in [1.82, 2.24) is 9.80 Å². The summed E-state index contributed by atoms with van der Waals surface area (Å²) in [6.45, 7) is 11.8. The molecule has 1 heterocycles. The van der Waals surface area contributed by atoms with Crippen LogP contribution in [0.1, 0.15) is 69.4 Å². The normalized spacial score (nSPS) is 16.6. The molecule has 0 unspecified atom stereocenters. The third kappa shape index (κ3) is 7.81. The highest BCUT2D eigenvalue weighted by Gasteiger charge is 2.16. The third-order valence-corrected chi connectivity index (χ3v) is 5.32. The maximum atomic E-state index is 2.67. The van der Waals surface area contributed by atoms with E-state index in [0.717, 1.165) is 6.54 Å². The molecule has 2 rings (SSSR count). The molecule has 0 aliphatic carbocycles. The van der Waals surface area contributed by atoms with E-state index < -0.39 is 0 Å². The fraction of sp³-hybridized carbons (Fsp3) is 0.727. The first-order valence-corrected chi connectivity index (χ1v) is 10.3. The number of hydrogen-bond acceptors (Lipinski definition) is 2.